The molecule has 2 rings (SSSR count). The lowest BCUT2D eigenvalue weighted by Crippen LogP contribution is -2.08. The van der Waals surface area contributed by atoms with Crippen molar-refractivity contribution in [3.05, 3.63) is 29.6 Å². The second kappa shape index (κ2) is 4.87. The number of aromatic nitrogens is 2. The van der Waals surface area contributed by atoms with Crippen LogP contribution in [0, 0.1) is 0 Å². The van der Waals surface area contributed by atoms with Crippen LogP contribution in [0.2, 0.25) is 0 Å². The highest BCUT2D eigenvalue weighted by molar-refractivity contribution is 5.77. The molecule has 0 fully saturated rings. The number of hydrogen-bond acceptors (Lipinski definition) is 1. The predicted molar refractivity (Wildman–Crippen MR) is 69.1 cm³/mol. The molecule has 0 spiro atoms. The minimum atomic E-state index is -4.32. The fraction of sp³-hybridized carbons (Fsp3) is 0.500. The highest BCUT2D eigenvalue weighted by atomic mass is 19.4. The van der Waals surface area contributed by atoms with E-state index in [0.717, 1.165) is 29.9 Å². The van der Waals surface area contributed by atoms with E-state index in [1.165, 1.54) is 6.07 Å². The van der Waals surface area contributed by atoms with Gasteiger partial charge in [0, 0.05) is 12.5 Å². The molecule has 1 unspecified atom stereocenters. The molecule has 0 saturated heterocycles. The van der Waals surface area contributed by atoms with Crippen molar-refractivity contribution in [2.75, 3.05) is 0 Å². The topological polar surface area (TPSA) is 17.8 Å². The standard InChI is InChI=1S/C14H17F3N2/c1-4-9(3)19-12-7-6-10(14(15,16)17)8-11(12)18-13(19)5-2/h6-9H,4-5H2,1-3H3. The van der Waals surface area contributed by atoms with Crippen LogP contribution in [0.15, 0.2) is 18.2 Å². The van der Waals surface area contributed by atoms with E-state index in [4.69, 9.17) is 0 Å². The van der Waals surface area contributed by atoms with Gasteiger partial charge in [-0.2, -0.15) is 13.2 Å². The molecule has 1 aromatic carbocycles. The van der Waals surface area contributed by atoms with Gasteiger partial charge in [-0.25, -0.2) is 4.98 Å². The van der Waals surface area contributed by atoms with Crippen LogP contribution in [-0.2, 0) is 12.6 Å². The van der Waals surface area contributed by atoms with Gasteiger partial charge in [0.15, 0.2) is 0 Å². The first-order chi connectivity index (χ1) is 8.88. The molecule has 0 radical (unpaired) electrons. The molecule has 19 heavy (non-hydrogen) atoms. The first-order valence-electron chi connectivity index (χ1n) is 6.46. The van der Waals surface area contributed by atoms with Gasteiger partial charge in [0.25, 0.3) is 0 Å². The van der Waals surface area contributed by atoms with Gasteiger partial charge in [0.1, 0.15) is 5.82 Å². The number of aryl methyl sites for hydroxylation is 1. The van der Waals surface area contributed by atoms with E-state index in [1.54, 1.807) is 0 Å². The van der Waals surface area contributed by atoms with Crippen molar-refractivity contribution in [3.63, 3.8) is 0 Å². The fourth-order valence-corrected chi connectivity index (χ4v) is 2.25. The third kappa shape index (κ3) is 2.46. The molecule has 0 saturated carbocycles. The molecule has 1 atom stereocenters. The van der Waals surface area contributed by atoms with Gasteiger partial charge in [-0.1, -0.05) is 13.8 Å². The average molecular weight is 270 g/mol. The number of benzene rings is 1. The van der Waals surface area contributed by atoms with Crippen LogP contribution >= 0.6 is 0 Å². The molecular formula is C14H17F3N2. The largest absolute Gasteiger partial charge is 0.416 e. The lowest BCUT2D eigenvalue weighted by Gasteiger charge is -2.15. The second-order valence-electron chi connectivity index (χ2n) is 4.71. The quantitative estimate of drug-likeness (QED) is 0.797. The van der Waals surface area contributed by atoms with Crippen LogP contribution in [0.3, 0.4) is 0 Å². The smallest absolute Gasteiger partial charge is 0.325 e. The number of hydrogen-bond donors (Lipinski definition) is 0. The predicted octanol–water partition coefficient (Wildman–Crippen LogP) is 4.59. The van der Waals surface area contributed by atoms with Crippen LogP contribution in [0.1, 0.15) is 44.6 Å². The van der Waals surface area contributed by atoms with Crippen molar-refractivity contribution in [2.24, 2.45) is 0 Å². The lowest BCUT2D eigenvalue weighted by molar-refractivity contribution is -0.137. The molecule has 104 valence electrons. The zero-order valence-corrected chi connectivity index (χ0v) is 11.3. The van der Waals surface area contributed by atoms with Crippen LogP contribution in [0.4, 0.5) is 13.2 Å². The molecule has 1 heterocycles. The molecule has 2 aromatic rings. The molecule has 0 aliphatic rings. The maximum Gasteiger partial charge on any atom is 0.416 e. The van der Waals surface area contributed by atoms with Crippen molar-refractivity contribution in [1.29, 1.82) is 0 Å². The Labute approximate surface area is 110 Å². The first-order valence-corrected chi connectivity index (χ1v) is 6.46. The highest BCUT2D eigenvalue weighted by Gasteiger charge is 2.31. The van der Waals surface area contributed by atoms with Crippen LogP contribution in [0.25, 0.3) is 11.0 Å². The molecule has 5 heteroatoms. The summed E-state index contributed by atoms with van der Waals surface area (Å²) in [6.07, 6.45) is -2.69. The summed E-state index contributed by atoms with van der Waals surface area (Å²) in [7, 11) is 0. The molecule has 1 aromatic heterocycles. The SMILES string of the molecule is CCc1nc2cc(C(F)(F)F)ccc2n1C(C)CC. The Balaban J connectivity index is 2.64. The minimum Gasteiger partial charge on any atom is -0.325 e. The number of alkyl halides is 3. The molecular weight excluding hydrogens is 253 g/mol. The third-order valence-corrected chi connectivity index (χ3v) is 3.44. The van der Waals surface area contributed by atoms with Gasteiger partial charge in [-0.3, -0.25) is 0 Å². The lowest BCUT2D eigenvalue weighted by atomic mass is 10.2. The number of rotatable bonds is 3. The Hall–Kier alpha value is -1.52. The van der Waals surface area contributed by atoms with E-state index in [9.17, 15) is 13.2 Å². The summed E-state index contributed by atoms with van der Waals surface area (Å²) < 4.78 is 40.1. The average Bonchev–Trinajstić information content (AvgIpc) is 2.74. The van der Waals surface area contributed by atoms with E-state index in [-0.39, 0.29) is 6.04 Å². The van der Waals surface area contributed by atoms with E-state index in [1.807, 2.05) is 11.5 Å². The van der Waals surface area contributed by atoms with E-state index in [0.29, 0.717) is 11.9 Å². The molecule has 0 amide bonds. The van der Waals surface area contributed by atoms with E-state index < -0.39 is 11.7 Å². The highest BCUT2D eigenvalue weighted by Crippen LogP contribution is 2.32. The maximum absolute atomic E-state index is 12.7. The summed E-state index contributed by atoms with van der Waals surface area (Å²) in [5, 5.41) is 0. The van der Waals surface area contributed by atoms with Gasteiger partial charge >= 0.3 is 6.18 Å². The number of fused-ring (bicyclic) bond motifs is 1. The van der Waals surface area contributed by atoms with Gasteiger partial charge < -0.3 is 4.57 Å². The molecule has 2 nitrogen and oxygen atoms in total. The van der Waals surface area contributed by atoms with Gasteiger partial charge in [-0.05, 0) is 31.5 Å². The number of nitrogens with zero attached hydrogens (tertiary/aromatic N) is 2. The van der Waals surface area contributed by atoms with Crippen molar-refractivity contribution < 1.29 is 13.2 Å². The van der Waals surface area contributed by atoms with Crippen LogP contribution in [-0.4, -0.2) is 9.55 Å². The van der Waals surface area contributed by atoms with Crippen LogP contribution in [0.5, 0.6) is 0 Å². The van der Waals surface area contributed by atoms with E-state index in [2.05, 4.69) is 18.8 Å². The minimum absolute atomic E-state index is 0.233. The summed E-state index contributed by atoms with van der Waals surface area (Å²) >= 11 is 0. The zero-order chi connectivity index (χ0) is 14.2. The first kappa shape index (κ1) is 13.9. The van der Waals surface area contributed by atoms with Crippen molar-refractivity contribution in [1.82, 2.24) is 9.55 Å². The zero-order valence-electron chi connectivity index (χ0n) is 11.3. The fourth-order valence-electron chi connectivity index (χ4n) is 2.25. The third-order valence-electron chi connectivity index (χ3n) is 3.44. The Morgan fingerprint density at radius 3 is 2.47 bits per heavy atom. The normalized spacial score (nSPS) is 14.0. The van der Waals surface area contributed by atoms with Gasteiger partial charge in [-0.15, -0.1) is 0 Å². The van der Waals surface area contributed by atoms with Crippen molar-refractivity contribution in [2.45, 2.75) is 45.8 Å². The van der Waals surface area contributed by atoms with E-state index >= 15 is 0 Å². The molecule has 0 bridgehead atoms. The Morgan fingerprint density at radius 2 is 1.95 bits per heavy atom. The summed E-state index contributed by atoms with van der Waals surface area (Å²) in [6, 6.07) is 4.02. The summed E-state index contributed by atoms with van der Waals surface area (Å²) in [6.45, 7) is 6.07. The van der Waals surface area contributed by atoms with Crippen molar-refractivity contribution in [3.8, 4) is 0 Å². The number of imidazole rings is 1. The molecule has 0 aliphatic carbocycles. The Kier molecular flexibility index (Phi) is 3.56. The maximum atomic E-state index is 12.7. The van der Waals surface area contributed by atoms with Crippen molar-refractivity contribution >= 4 is 11.0 Å². The Morgan fingerprint density at radius 1 is 1.26 bits per heavy atom. The molecule has 0 aliphatic heterocycles. The molecule has 0 N–H and O–H groups in total. The van der Waals surface area contributed by atoms with Gasteiger partial charge in [0.05, 0.1) is 16.6 Å². The van der Waals surface area contributed by atoms with Crippen LogP contribution < -0.4 is 0 Å². The monoisotopic (exact) mass is 270 g/mol. The Bertz CT molecular complexity index is 584. The second-order valence-corrected chi connectivity index (χ2v) is 4.71. The summed E-state index contributed by atoms with van der Waals surface area (Å²) in [5.41, 5.74) is 0.558. The summed E-state index contributed by atoms with van der Waals surface area (Å²) in [5.74, 6) is 0.837. The number of halogens is 3. The van der Waals surface area contributed by atoms with Gasteiger partial charge in [0.2, 0.25) is 0 Å². The summed E-state index contributed by atoms with van der Waals surface area (Å²) in [4.78, 5) is 4.34.